The number of rotatable bonds is 4. The third-order valence-electron chi connectivity index (χ3n) is 3.98. The van der Waals surface area contributed by atoms with Gasteiger partial charge in [-0.2, -0.15) is 5.26 Å². The number of carbonyl (C=O) groups excluding carboxylic acids is 1. The smallest absolute Gasteiger partial charge is 0.217 e. The SMILES string of the molecule is CC(=O)NC1c2ccccc2OCC1CCC(C)(C)C#N. The van der Waals surface area contributed by atoms with Crippen molar-refractivity contribution in [3.05, 3.63) is 29.8 Å². The fourth-order valence-corrected chi connectivity index (χ4v) is 2.68. The number of nitrogens with zero attached hydrogens (tertiary/aromatic N) is 1. The molecule has 2 atom stereocenters. The lowest BCUT2D eigenvalue weighted by molar-refractivity contribution is -0.120. The van der Waals surface area contributed by atoms with Gasteiger partial charge >= 0.3 is 0 Å². The summed E-state index contributed by atoms with van der Waals surface area (Å²) < 4.78 is 5.81. The van der Waals surface area contributed by atoms with Crippen molar-refractivity contribution < 1.29 is 9.53 Å². The first kappa shape index (κ1) is 15.4. The summed E-state index contributed by atoms with van der Waals surface area (Å²) in [5, 5.41) is 12.2. The molecule has 0 fully saturated rings. The number of ether oxygens (including phenoxy) is 1. The van der Waals surface area contributed by atoms with E-state index in [9.17, 15) is 4.79 Å². The Morgan fingerprint density at radius 2 is 2.19 bits per heavy atom. The van der Waals surface area contributed by atoms with Gasteiger partial charge < -0.3 is 10.1 Å². The summed E-state index contributed by atoms with van der Waals surface area (Å²) in [5.74, 6) is 0.990. The highest BCUT2D eigenvalue weighted by molar-refractivity contribution is 5.73. The van der Waals surface area contributed by atoms with E-state index in [0.29, 0.717) is 6.61 Å². The van der Waals surface area contributed by atoms with Gasteiger partial charge in [0, 0.05) is 18.4 Å². The molecule has 1 N–H and O–H groups in total. The quantitative estimate of drug-likeness (QED) is 0.924. The predicted molar refractivity (Wildman–Crippen MR) is 80.6 cm³/mol. The standard InChI is InChI=1S/C17H22N2O2/c1-12(20)19-16-13(8-9-17(2,3)11-18)10-21-15-7-5-4-6-14(15)16/h4-7,13,16H,8-10H2,1-3H3,(H,19,20). The summed E-state index contributed by atoms with van der Waals surface area (Å²) in [5.41, 5.74) is 0.677. The van der Waals surface area contributed by atoms with E-state index < -0.39 is 0 Å². The van der Waals surface area contributed by atoms with Crippen molar-refractivity contribution >= 4 is 5.91 Å². The molecule has 0 saturated carbocycles. The van der Waals surface area contributed by atoms with Gasteiger partial charge in [-0.05, 0) is 32.8 Å². The fourth-order valence-electron chi connectivity index (χ4n) is 2.68. The Bertz CT molecular complexity index is 560. The molecule has 4 heteroatoms. The van der Waals surface area contributed by atoms with E-state index in [1.165, 1.54) is 6.92 Å². The summed E-state index contributed by atoms with van der Waals surface area (Å²) in [6.45, 7) is 5.99. The molecule has 2 unspecified atom stereocenters. The molecule has 0 aromatic heterocycles. The van der Waals surface area contributed by atoms with Crippen LogP contribution in [0.4, 0.5) is 0 Å². The Morgan fingerprint density at radius 3 is 2.86 bits per heavy atom. The molecule has 1 aromatic rings. The number of amides is 1. The van der Waals surface area contributed by atoms with Gasteiger partial charge in [-0.25, -0.2) is 0 Å². The van der Waals surface area contributed by atoms with E-state index >= 15 is 0 Å². The Kier molecular flexibility index (Phi) is 4.52. The van der Waals surface area contributed by atoms with Crippen LogP contribution in [0.15, 0.2) is 24.3 Å². The van der Waals surface area contributed by atoms with Crippen LogP contribution in [0.1, 0.15) is 45.2 Å². The molecule has 21 heavy (non-hydrogen) atoms. The zero-order valence-electron chi connectivity index (χ0n) is 12.8. The van der Waals surface area contributed by atoms with Crippen LogP contribution in [0, 0.1) is 22.7 Å². The van der Waals surface area contributed by atoms with E-state index in [2.05, 4.69) is 11.4 Å². The molecule has 112 valence electrons. The number of para-hydroxylation sites is 1. The van der Waals surface area contributed by atoms with Gasteiger partial charge in [0.15, 0.2) is 0 Å². The van der Waals surface area contributed by atoms with Crippen molar-refractivity contribution in [2.24, 2.45) is 11.3 Å². The van der Waals surface area contributed by atoms with Crippen LogP contribution in [0.25, 0.3) is 0 Å². The minimum Gasteiger partial charge on any atom is -0.493 e. The lowest BCUT2D eigenvalue weighted by atomic mass is 9.81. The highest BCUT2D eigenvalue weighted by Crippen LogP contribution is 2.38. The van der Waals surface area contributed by atoms with Crippen LogP contribution in [0.3, 0.4) is 0 Å². The van der Waals surface area contributed by atoms with Gasteiger partial charge in [0.2, 0.25) is 5.91 Å². The van der Waals surface area contributed by atoms with Crippen molar-refractivity contribution in [3.8, 4) is 11.8 Å². The number of hydrogen-bond donors (Lipinski definition) is 1. The maximum absolute atomic E-state index is 11.5. The van der Waals surface area contributed by atoms with E-state index in [0.717, 1.165) is 24.2 Å². The van der Waals surface area contributed by atoms with Crippen LogP contribution < -0.4 is 10.1 Å². The van der Waals surface area contributed by atoms with Crippen LogP contribution >= 0.6 is 0 Å². The normalized spacial score (nSPS) is 20.9. The molecule has 0 bridgehead atoms. The van der Waals surface area contributed by atoms with Crippen molar-refractivity contribution in [2.75, 3.05) is 6.61 Å². The highest BCUT2D eigenvalue weighted by atomic mass is 16.5. The molecule has 0 spiro atoms. The lowest BCUT2D eigenvalue weighted by Gasteiger charge is -2.35. The number of carbonyl (C=O) groups is 1. The monoisotopic (exact) mass is 286 g/mol. The summed E-state index contributed by atoms with van der Waals surface area (Å²) >= 11 is 0. The summed E-state index contributed by atoms with van der Waals surface area (Å²) in [7, 11) is 0. The minimum absolute atomic E-state index is 0.0399. The number of fused-ring (bicyclic) bond motifs is 1. The molecule has 0 aliphatic carbocycles. The minimum atomic E-state index is -0.349. The number of hydrogen-bond acceptors (Lipinski definition) is 3. The average Bonchev–Trinajstić information content (AvgIpc) is 2.46. The molecule has 0 radical (unpaired) electrons. The van der Waals surface area contributed by atoms with Crippen molar-refractivity contribution in [1.29, 1.82) is 5.26 Å². The molecule has 1 aromatic carbocycles. The zero-order chi connectivity index (χ0) is 15.5. The molecule has 1 heterocycles. The molecule has 0 saturated heterocycles. The summed E-state index contributed by atoms with van der Waals surface area (Å²) in [6.07, 6.45) is 1.63. The topological polar surface area (TPSA) is 62.1 Å². The lowest BCUT2D eigenvalue weighted by Crippen LogP contribution is -2.38. The molecule has 2 rings (SSSR count). The first-order valence-electron chi connectivity index (χ1n) is 7.33. The number of nitrogens with one attached hydrogen (secondary N) is 1. The second-order valence-electron chi connectivity index (χ2n) is 6.32. The van der Waals surface area contributed by atoms with E-state index in [1.54, 1.807) is 0 Å². The highest BCUT2D eigenvalue weighted by Gasteiger charge is 2.32. The van der Waals surface area contributed by atoms with Crippen molar-refractivity contribution in [1.82, 2.24) is 5.32 Å². The van der Waals surface area contributed by atoms with Gasteiger partial charge in [-0.3, -0.25) is 4.79 Å². The van der Waals surface area contributed by atoms with E-state index in [4.69, 9.17) is 10.00 Å². The first-order chi connectivity index (χ1) is 9.93. The van der Waals surface area contributed by atoms with E-state index in [1.807, 2.05) is 38.1 Å². The molecule has 4 nitrogen and oxygen atoms in total. The molecule has 1 amide bonds. The predicted octanol–water partition coefficient (Wildman–Crippen LogP) is 3.20. The third kappa shape index (κ3) is 3.75. The third-order valence-corrected chi connectivity index (χ3v) is 3.98. The Hall–Kier alpha value is -2.02. The van der Waals surface area contributed by atoms with E-state index in [-0.39, 0.29) is 23.3 Å². The zero-order valence-corrected chi connectivity index (χ0v) is 12.8. The van der Waals surface area contributed by atoms with Gasteiger partial charge in [-0.1, -0.05) is 18.2 Å². The van der Waals surface area contributed by atoms with Gasteiger partial charge in [0.05, 0.1) is 24.1 Å². The maximum Gasteiger partial charge on any atom is 0.217 e. The Labute approximate surface area is 126 Å². The molecular weight excluding hydrogens is 264 g/mol. The van der Waals surface area contributed by atoms with Crippen LogP contribution in [-0.2, 0) is 4.79 Å². The largest absolute Gasteiger partial charge is 0.493 e. The second kappa shape index (κ2) is 6.17. The second-order valence-corrected chi connectivity index (χ2v) is 6.32. The molecule has 1 aliphatic rings. The number of benzene rings is 1. The van der Waals surface area contributed by atoms with Crippen molar-refractivity contribution in [3.63, 3.8) is 0 Å². The van der Waals surface area contributed by atoms with Crippen LogP contribution in [0.2, 0.25) is 0 Å². The summed E-state index contributed by atoms with van der Waals surface area (Å²) in [6, 6.07) is 10.1. The summed E-state index contributed by atoms with van der Waals surface area (Å²) in [4.78, 5) is 11.5. The average molecular weight is 286 g/mol. The van der Waals surface area contributed by atoms with Crippen LogP contribution in [-0.4, -0.2) is 12.5 Å². The van der Waals surface area contributed by atoms with Gasteiger partial charge in [-0.15, -0.1) is 0 Å². The number of nitriles is 1. The maximum atomic E-state index is 11.5. The molecule has 1 aliphatic heterocycles. The van der Waals surface area contributed by atoms with Crippen molar-refractivity contribution in [2.45, 2.75) is 39.7 Å². The fraction of sp³-hybridized carbons (Fsp3) is 0.529. The molecular formula is C17H22N2O2. The van der Waals surface area contributed by atoms with Gasteiger partial charge in [0.25, 0.3) is 0 Å². The van der Waals surface area contributed by atoms with Gasteiger partial charge in [0.1, 0.15) is 5.75 Å². The Morgan fingerprint density at radius 1 is 1.48 bits per heavy atom. The first-order valence-corrected chi connectivity index (χ1v) is 7.33. The Balaban J connectivity index is 2.18. The van der Waals surface area contributed by atoms with Crippen LogP contribution in [0.5, 0.6) is 5.75 Å².